The number of para-hydroxylation sites is 2. The highest BCUT2D eigenvalue weighted by molar-refractivity contribution is 5.78. The molecule has 98 valence electrons. The third-order valence-corrected chi connectivity index (χ3v) is 3.80. The molecule has 2 unspecified atom stereocenters. The van der Waals surface area contributed by atoms with Crippen LogP contribution in [-0.4, -0.2) is 16.0 Å². The Morgan fingerprint density at radius 3 is 2.90 bits per heavy atom. The number of rotatable bonds is 1. The van der Waals surface area contributed by atoms with Gasteiger partial charge in [-0.1, -0.05) is 36.4 Å². The molecule has 0 radical (unpaired) electrons. The van der Waals surface area contributed by atoms with E-state index in [4.69, 9.17) is 0 Å². The second kappa shape index (κ2) is 4.20. The number of nitrogens with one attached hydrogen (secondary N) is 2. The van der Waals surface area contributed by atoms with E-state index in [1.54, 1.807) is 0 Å². The van der Waals surface area contributed by atoms with E-state index in [1.165, 1.54) is 0 Å². The molecule has 4 nitrogen and oxygen atoms in total. The predicted molar refractivity (Wildman–Crippen MR) is 79.0 cm³/mol. The van der Waals surface area contributed by atoms with Crippen LogP contribution in [0.2, 0.25) is 0 Å². The van der Waals surface area contributed by atoms with Crippen LogP contribution >= 0.6 is 0 Å². The molecule has 2 aliphatic rings. The minimum absolute atomic E-state index is 0.139. The van der Waals surface area contributed by atoms with Gasteiger partial charge in [0, 0.05) is 17.7 Å². The Hall–Kier alpha value is -2.62. The molecule has 1 aromatic carbocycles. The zero-order chi connectivity index (χ0) is 13.5. The Labute approximate surface area is 115 Å². The van der Waals surface area contributed by atoms with Crippen molar-refractivity contribution in [1.29, 1.82) is 0 Å². The number of benzene rings is 1. The van der Waals surface area contributed by atoms with Crippen LogP contribution < -0.4 is 10.9 Å². The van der Waals surface area contributed by atoms with Gasteiger partial charge >= 0.3 is 0 Å². The van der Waals surface area contributed by atoms with Crippen LogP contribution in [0.3, 0.4) is 0 Å². The summed E-state index contributed by atoms with van der Waals surface area (Å²) in [6.45, 7) is 0. The molecule has 0 saturated heterocycles. The predicted octanol–water partition coefficient (Wildman–Crippen LogP) is 1.98. The summed E-state index contributed by atoms with van der Waals surface area (Å²) < 4.78 is 0. The van der Waals surface area contributed by atoms with E-state index in [0.29, 0.717) is 5.69 Å². The minimum Gasteiger partial charge on any atom is -0.383 e. The lowest BCUT2D eigenvalue weighted by atomic mass is 9.90. The molecule has 2 atom stereocenters. The van der Waals surface area contributed by atoms with Gasteiger partial charge in [-0.15, -0.1) is 0 Å². The van der Waals surface area contributed by atoms with Gasteiger partial charge in [-0.25, -0.2) is 4.98 Å². The van der Waals surface area contributed by atoms with Crippen LogP contribution in [0.15, 0.2) is 59.6 Å². The van der Waals surface area contributed by atoms with Gasteiger partial charge in [0.2, 0.25) is 0 Å². The Bertz CT molecular complexity index is 829. The highest BCUT2D eigenvalue weighted by Crippen LogP contribution is 2.31. The van der Waals surface area contributed by atoms with Gasteiger partial charge in [0.15, 0.2) is 0 Å². The van der Waals surface area contributed by atoms with Gasteiger partial charge in [0.25, 0.3) is 5.56 Å². The summed E-state index contributed by atoms with van der Waals surface area (Å²) >= 11 is 0. The Morgan fingerprint density at radius 2 is 1.95 bits per heavy atom. The molecular weight excluding hydrogens is 250 g/mol. The van der Waals surface area contributed by atoms with Crippen LogP contribution in [0, 0.1) is 5.92 Å². The van der Waals surface area contributed by atoms with Crippen molar-refractivity contribution in [3.63, 3.8) is 0 Å². The molecule has 0 saturated carbocycles. The van der Waals surface area contributed by atoms with Gasteiger partial charge in [-0.3, -0.25) is 4.79 Å². The first-order chi connectivity index (χ1) is 9.83. The molecule has 1 aliphatic carbocycles. The number of hydrogen-bond acceptors (Lipinski definition) is 3. The van der Waals surface area contributed by atoms with E-state index in [1.807, 2.05) is 42.6 Å². The molecule has 0 spiro atoms. The first-order valence-electron chi connectivity index (χ1n) is 6.63. The summed E-state index contributed by atoms with van der Waals surface area (Å²) in [4.78, 5) is 19.7. The monoisotopic (exact) mass is 263 g/mol. The molecule has 4 rings (SSSR count). The van der Waals surface area contributed by atoms with E-state index in [9.17, 15) is 4.79 Å². The first-order valence-corrected chi connectivity index (χ1v) is 6.63. The number of nitrogens with zero attached hydrogens (tertiary/aromatic N) is 1. The van der Waals surface area contributed by atoms with Crippen LogP contribution in [-0.2, 0) is 0 Å². The SMILES string of the molecule is O=c1[nH]c2ccccc2nc1C1=CNC2C=CC=CC12. The van der Waals surface area contributed by atoms with E-state index in [0.717, 1.165) is 16.6 Å². The first kappa shape index (κ1) is 11.2. The number of allylic oxidation sites excluding steroid dienone is 2. The fraction of sp³-hybridized carbons (Fsp3) is 0.125. The lowest BCUT2D eigenvalue weighted by Crippen LogP contribution is -2.26. The van der Waals surface area contributed by atoms with Crippen molar-refractivity contribution in [2.45, 2.75) is 6.04 Å². The van der Waals surface area contributed by atoms with Crippen molar-refractivity contribution < 1.29 is 0 Å². The summed E-state index contributed by atoms with van der Waals surface area (Å²) in [5, 5.41) is 3.29. The van der Waals surface area contributed by atoms with Crippen LogP contribution in [0.1, 0.15) is 5.69 Å². The summed E-state index contributed by atoms with van der Waals surface area (Å²) in [5.74, 6) is 0.176. The molecule has 20 heavy (non-hydrogen) atoms. The lowest BCUT2D eigenvalue weighted by molar-refractivity contribution is 0.655. The molecule has 2 N–H and O–H groups in total. The molecule has 0 amide bonds. The molecule has 1 aliphatic heterocycles. The van der Waals surface area contributed by atoms with Gasteiger partial charge < -0.3 is 10.3 Å². The quantitative estimate of drug-likeness (QED) is 0.827. The number of fused-ring (bicyclic) bond motifs is 2. The third kappa shape index (κ3) is 1.61. The number of hydrogen-bond donors (Lipinski definition) is 2. The van der Waals surface area contributed by atoms with Crippen LogP contribution in [0.4, 0.5) is 0 Å². The maximum Gasteiger partial charge on any atom is 0.274 e. The third-order valence-electron chi connectivity index (χ3n) is 3.80. The standard InChI is InChI=1S/C16H13N3O/c20-16-15(18-13-7-3-4-8-14(13)19-16)11-9-17-12-6-2-1-5-10(11)12/h1-10,12,17H,(H,19,20). The summed E-state index contributed by atoms with van der Waals surface area (Å²) in [6, 6.07) is 7.81. The highest BCUT2D eigenvalue weighted by atomic mass is 16.1. The Kier molecular flexibility index (Phi) is 2.36. The van der Waals surface area contributed by atoms with Gasteiger partial charge in [-0.05, 0) is 12.1 Å². The summed E-state index contributed by atoms with van der Waals surface area (Å²) in [6.07, 6.45) is 10.1. The largest absolute Gasteiger partial charge is 0.383 e. The second-order valence-electron chi connectivity index (χ2n) is 5.02. The van der Waals surface area contributed by atoms with Gasteiger partial charge in [0.1, 0.15) is 5.69 Å². The Balaban J connectivity index is 1.87. The zero-order valence-electron chi connectivity index (χ0n) is 10.7. The molecule has 4 heteroatoms. The normalized spacial score (nSPS) is 23.5. The van der Waals surface area contributed by atoms with Crippen molar-refractivity contribution in [2.24, 2.45) is 5.92 Å². The van der Waals surface area contributed by atoms with E-state index >= 15 is 0 Å². The summed E-state index contributed by atoms with van der Waals surface area (Å²) in [5.41, 5.74) is 2.89. The van der Waals surface area contributed by atoms with Gasteiger partial charge in [0.05, 0.1) is 17.1 Å². The summed E-state index contributed by atoms with van der Waals surface area (Å²) in [7, 11) is 0. The zero-order valence-corrected chi connectivity index (χ0v) is 10.7. The molecular formula is C16H13N3O. The van der Waals surface area contributed by atoms with E-state index < -0.39 is 0 Å². The fourth-order valence-corrected chi connectivity index (χ4v) is 2.80. The van der Waals surface area contributed by atoms with Crippen molar-refractivity contribution in [3.8, 4) is 0 Å². The molecule has 2 aromatic rings. The maximum absolute atomic E-state index is 12.3. The highest BCUT2D eigenvalue weighted by Gasteiger charge is 2.30. The van der Waals surface area contributed by atoms with Crippen molar-refractivity contribution >= 4 is 16.6 Å². The van der Waals surface area contributed by atoms with Gasteiger partial charge in [-0.2, -0.15) is 0 Å². The average molecular weight is 263 g/mol. The smallest absolute Gasteiger partial charge is 0.274 e. The molecule has 1 aromatic heterocycles. The molecule has 2 heterocycles. The fourth-order valence-electron chi connectivity index (χ4n) is 2.80. The topological polar surface area (TPSA) is 57.8 Å². The number of aromatic nitrogens is 2. The van der Waals surface area contributed by atoms with E-state index in [2.05, 4.69) is 27.4 Å². The maximum atomic E-state index is 12.3. The Morgan fingerprint density at radius 1 is 1.10 bits per heavy atom. The van der Waals surface area contributed by atoms with E-state index in [-0.39, 0.29) is 17.5 Å². The van der Waals surface area contributed by atoms with Crippen LogP contribution in [0.25, 0.3) is 16.6 Å². The minimum atomic E-state index is -0.139. The molecule has 0 bridgehead atoms. The van der Waals surface area contributed by atoms with Crippen LogP contribution in [0.5, 0.6) is 0 Å². The number of H-pyrrole nitrogens is 1. The van der Waals surface area contributed by atoms with Crippen molar-refractivity contribution in [2.75, 3.05) is 0 Å². The van der Waals surface area contributed by atoms with Crippen molar-refractivity contribution in [3.05, 3.63) is 70.8 Å². The van der Waals surface area contributed by atoms with Crippen molar-refractivity contribution in [1.82, 2.24) is 15.3 Å². The average Bonchev–Trinajstić information content (AvgIpc) is 2.90. The second-order valence-corrected chi connectivity index (χ2v) is 5.02. The lowest BCUT2D eigenvalue weighted by Gasteiger charge is -2.18. The number of aromatic amines is 1. The molecule has 0 fully saturated rings.